The van der Waals surface area contributed by atoms with Gasteiger partial charge in [-0.25, -0.2) is 9.59 Å². The summed E-state index contributed by atoms with van der Waals surface area (Å²) >= 11 is 0. The van der Waals surface area contributed by atoms with Crippen molar-refractivity contribution in [3.05, 3.63) is 0 Å². The molecule has 0 aromatic heterocycles. The van der Waals surface area contributed by atoms with Gasteiger partial charge in [0.15, 0.2) is 0 Å². The van der Waals surface area contributed by atoms with Gasteiger partial charge in [0.1, 0.15) is 12.2 Å². The van der Waals surface area contributed by atoms with Gasteiger partial charge in [-0.15, -0.1) is 0 Å². The fourth-order valence-electron chi connectivity index (χ4n) is 3.73. The molecule has 0 aliphatic heterocycles. The second kappa shape index (κ2) is 16.9. The molecule has 0 aromatic rings. The normalized spacial score (nSPS) is 18.7. The number of aliphatic hydroxyl groups is 4. The van der Waals surface area contributed by atoms with Crippen LogP contribution in [0.25, 0.3) is 0 Å². The maximum atomic E-state index is 11.9. The van der Waals surface area contributed by atoms with Gasteiger partial charge in [-0.1, -0.05) is 0 Å². The monoisotopic (exact) mass is 480 g/mol. The van der Waals surface area contributed by atoms with E-state index in [1.54, 1.807) is 41.5 Å². The molecule has 0 saturated heterocycles. The molecular formula is C23H44O10. The molecule has 0 amide bonds. The van der Waals surface area contributed by atoms with Gasteiger partial charge in [0.25, 0.3) is 0 Å². The van der Waals surface area contributed by atoms with Gasteiger partial charge in [0.05, 0.1) is 37.6 Å². The summed E-state index contributed by atoms with van der Waals surface area (Å²) in [4.78, 5) is 23.9. The SMILES string of the molecule is CC(O)CC(COC(=O)OC(C)CC(C)OC(=O)OCC(CC(C)O)CC(C)O)CC(C)O. The zero-order chi connectivity index (χ0) is 25.6. The molecule has 0 aromatic carbocycles. The summed E-state index contributed by atoms with van der Waals surface area (Å²) in [5, 5.41) is 38.1. The Morgan fingerprint density at radius 3 is 1.06 bits per heavy atom. The highest BCUT2D eigenvalue weighted by Gasteiger charge is 2.22. The molecule has 0 spiro atoms. The number of rotatable bonds is 16. The van der Waals surface area contributed by atoms with Crippen LogP contribution in [0.3, 0.4) is 0 Å². The van der Waals surface area contributed by atoms with Gasteiger partial charge >= 0.3 is 12.3 Å². The van der Waals surface area contributed by atoms with Gasteiger partial charge < -0.3 is 39.4 Å². The summed E-state index contributed by atoms with van der Waals surface area (Å²) in [5.74, 6) is -0.396. The molecule has 6 unspecified atom stereocenters. The molecule has 33 heavy (non-hydrogen) atoms. The van der Waals surface area contributed by atoms with Crippen molar-refractivity contribution in [1.29, 1.82) is 0 Å². The average molecular weight is 481 g/mol. The van der Waals surface area contributed by atoms with E-state index in [0.717, 1.165) is 0 Å². The van der Waals surface area contributed by atoms with Crippen molar-refractivity contribution in [1.82, 2.24) is 0 Å². The summed E-state index contributed by atoms with van der Waals surface area (Å²) in [5.41, 5.74) is 0. The third-order valence-electron chi connectivity index (χ3n) is 4.83. The maximum absolute atomic E-state index is 11.9. The van der Waals surface area contributed by atoms with Crippen LogP contribution >= 0.6 is 0 Å². The third-order valence-corrected chi connectivity index (χ3v) is 4.83. The Balaban J connectivity index is 4.35. The summed E-state index contributed by atoms with van der Waals surface area (Å²) in [7, 11) is 0. The van der Waals surface area contributed by atoms with Crippen LogP contribution in [-0.4, -0.2) is 82.6 Å². The van der Waals surface area contributed by atoms with Crippen molar-refractivity contribution >= 4 is 12.3 Å². The van der Waals surface area contributed by atoms with Crippen molar-refractivity contribution in [3.8, 4) is 0 Å². The smallest absolute Gasteiger partial charge is 0.434 e. The van der Waals surface area contributed by atoms with Crippen LogP contribution in [0, 0.1) is 11.8 Å². The fourth-order valence-corrected chi connectivity index (χ4v) is 3.73. The minimum Gasteiger partial charge on any atom is -0.434 e. The maximum Gasteiger partial charge on any atom is 0.508 e. The van der Waals surface area contributed by atoms with E-state index in [4.69, 9.17) is 18.9 Å². The Bertz CT molecular complexity index is 469. The van der Waals surface area contributed by atoms with Crippen molar-refractivity contribution < 1.29 is 49.0 Å². The van der Waals surface area contributed by atoms with Crippen molar-refractivity contribution in [2.45, 2.75) is 110 Å². The zero-order valence-corrected chi connectivity index (χ0v) is 20.8. The molecule has 0 aliphatic rings. The lowest BCUT2D eigenvalue weighted by Crippen LogP contribution is -2.27. The number of carbonyl (C=O) groups is 2. The van der Waals surface area contributed by atoms with Crippen LogP contribution in [0.1, 0.15) is 73.6 Å². The van der Waals surface area contributed by atoms with Crippen molar-refractivity contribution in [2.24, 2.45) is 11.8 Å². The first-order valence-electron chi connectivity index (χ1n) is 11.7. The molecule has 0 rings (SSSR count). The summed E-state index contributed by atoms with van der Waals surface area (Å²) < 4.78 is 20.6. The lowest BCUT2D eigenvalue weighted by Gasteiger charge is -2.22. The van der Waals surface area contributed by atoms with E-state index in [1.807, 2.05) is 0 Å². The van der Waals surface area contributed by atoms with Crippen molar-refractivity contribution in [3.63, 3.8) is 0 Å². The lowest BCUT2D eigenvalue weighted by atomic mass is 9.97. The molecule has 0 radical (unpaired) electrons. The van der Waals surface area contributed by atoms with Crippen LogP contribution in [0.5, 0.6) is 0 Å². The molecule has 0 bridgehead atoms. The Kier molecular flexibility index (Phi) is 16.1. The molecule has 0 fully saturated rings. The van der Waals surface area contributed by atoms with Gasteiger partial charge in [0.2, 0.25) is 0 Å². The molecule has 0 heterocycles. The largest absolute Gasteiger partial charge is 0.508 e. The number of hydrogen-bond donors (Lipinski definition) is 4. The molecule has 0 saturated carbocycles. The number of carbonyl (C=O) groups excluding carboxylic acids is 2. The van der Waals surface area contributed by atoms with E-state index in [-0.39, 0.29) is 31.5 Å². The van der Waals surface area contributed by atoms with Crippen LogP contribution in [0.2, 0.25) is 0 Å². The molecule has 10 heteroatoms. The van der Waals surface area contributed by atoms with Gasteiger partial charge in [-0.2, -0.15) is 0 Å². The topological polar surface area (TPSA) is 152 Å². The highest BCUT2D eigenvalue weighted by Crippen LogP contribution is 2.17. The molecule has 6 atom stereocenters. The first kappa shape index (κ1) is 31.4. The summed E-state index contributed by atoms with van der Waals surface area (Å²) in [6, 6.07) is 0. The Morgan fingerprint density at radius 2 is 0.818 bits per heavy atom. The second-order valence-electron chi connectivity index (χ2n) is 9.29. The van der Waals surface area contributed by atoms with E-state index in [1.165, 1.54) is 0 Å². The van der Waals surface area contributed by atoms with Crippen molar-refractivity contribution in [2.75, 3.05) is 13.2 Å². The predicted octanol–water partition coefficient (Wildman–Crippen LogP) is 2.78. The molecular weight excluding hydrogens is 436 g/mol. The minimum atomic E-state index is -0.877. The third kappa shape index (κ3) is 18.5. The first-order valence-corrected chi connectivity index (χ1v) is 11.7. The van der Waals surface area contributed by atoms with E-state index in [2.05, 4.69) is 0 Å². The highest BCUT2D eigenvalue weighted by atomic mass is 16.7. The van der Waals surface area contributed by atoms with Crippen LogP contribution in [-0.2, 0) is 18.9 Å². The number of hydrogen-bond acceptors (Lipinski definition) is 10. The zero-order valence-electron chi connectivity index (χ0n) is 20.8. The second-order valence-corrected chi connectivity index (χ2v) is 9.29. The van der Waals surface area contributed by atoms with E-state index in [9.17, 15) is 30.0 Å². The average Bonchev–Trinajstić information content (AvgIpc) is 2.62. The summed E-state index contributed by atoms with van der Waals surface area (Å²) in [6.45, 7) is 9.81. The summed E-state index contributed by atoms with van der Waals surface area (Å²) in [6.07, 6.45) is -3.51. The molecule has 196 valence electrons. The lowest BCUT2D eigenvalue weighted by molar-refractivity contribution is -0.0193. The quantitative estimate of drug-likeness (QED) is 0.243. The Morgan fingerprint density at radius 1 is 0.545 bits per heavy atom. The minimum absolute atomic E-state index is 0.0137. The van der Waals surface area contributed by atoms with Gasteiger partial charge in [-0.3, -0.25) is 0 Å². The fraction of sp³-hybridized carbons (Fsp3) is 0.913. The van der Waals surface area contributed by atoms with Crippen LogP contribution in [0.4, 0.5) is 9.59 Å². The predicted molar refractivity (Wildman–Crippen MR) is 121 cm³/mol. The molecule has 4 N–H and O–H groups in total. The van der Waals surface area contributed by atoms with E-state index >= 15 is 0 Å². The first-order chi connectivity index (χ1) is 15.3. The Hall–Kier alpha value is -1.62. The number of aliphatic hydroxyl groups excluding tert-OH is 4. The van der Waals surface area contributed by atoms with Gasteiger partial charge in [0, 0.05) is 6.42 Å². The molecule has 0 aliphatic carbocycles. The van der Waals surface area contributed by atoms with E-state index < -0.39 is 48.9 Å². The number of ether oxygens (including phenoxy) is 4. The Labute approximate surface area is 197 Å². The molecule has 10 nitrogen and oxygen atoms in total. The van der Waals surface area contributed by atoms with Crippen LogP contribution < -0.4 is 0 Å². The van der Waals surface area contributed by atoms with Crippen LogP contribution in [0.15, 0.2) is 0 Å². The standard InChI is InChI=1S/C23H44O10/c1-14(24)7-20(8-15(2)25)12-30-22(28)32-18(5)11-19(6)33-23(29)31-13-21(9-16(3)26)10-17(4)27/h14-21,24-27H,7-13H2,1-6H3. The van der Waals surface area contributed by atoms with Gasteiger partial charge in [-0.05, 0) is 79.1 Å². The van der Waals surface area contributed by atoms with E-state index in [0.29, 0.717) is 25.7 Å². The highest BCUT2D eigenvalue weighted by molar-refractivity contribution is 5.60.